The fourth-order valence-corrected chi connectivity index (χ4v) is 3.21. The van der Waals surface area contributed by atoms with Crippen LogP contribution in [0.25, 0.3) is 0 Å². The first-order valence-electron chi connectivity index (χ1n) is 7.24. The van der Waals surface area contributed by atoms with E-state index in [9.17, 15) is 18.0 Å². The number of amides is 2. The first kappa shape index (κ1) is 15.4. The molecule has 0 unspecified atom stereocenters. The number of nitrogens with one attached hydrogen (secondary N) is 1. The van der Waals surface area contributed by atoms with Crippen LogP contribution < -0.4 is 5.32 Å². The average Bonchev–Trinajstić information content (AvgIpc) is 3.03. The van der Waals surface area contributed by atoms with Gasteiger partial charge in [0.1, 0.15) is 0 Å². The van der Waals surface area contributed by atoms with Gasteiger partial charge in [-0.3, -0.25) is 0 Å². The monoisotopic (exact) mass is 292 g/mol. The summed E-state index contributed by atoms with van der Waals surface area (Å²) < 4.78 is 38.9. The molecule has 0 spiro atoms. The van der Waals surface area contributed by atoms with Crippen LogP contribution in [-0.2, 0) is 0 Å². The Balaban J connectivity index is 1.97. The van der Waals surface area contributed by atoms with Crippen LogP contribution in [0.15, 0.2) is 0 Å². The Morgan fingerprint density at radius 1 is 1.35 bits per heavy atom. The molecule has 1 N–H and O–H groups in total. The van der Waals surface area contributed by atoms with Gasteiger partial charge in [0, 0.05) is 13.1 Å². The highest BCUT2D eigenvalue weighted by atomic mass is 19.4. The van der Waals surface area contributed by atoms with Crippen LogP contribution in [0.5, 0.6) is 0 Å². The molecule has 3 nitrogen and oxygen atoms in total. The van der Waals surface area contributed by atoms with Gasteiger partial charge in [0.15, 0.2) is 0 Å². The number of carbonyl (C=O) groups excluding carboxylic acids is 1. The summed E-state index contributed by atoms with van der Waals surface area (Å²) in [6, 6.07) is -0.360. The van der Waals surface area contributed by atoms with Gasteiger partial charge in [-0.2, -0.15) is 13.2 Å². The third-order valence-corrected chi connectivity index (χ3v) is 5.15. The van der Waals surface area contributed by atoms with Crippen molar-refractivity contribution >= 4 is 6.03 Å². The fraction of sp³-hybridized carbons (Fsp3) is 0.929. The van der Waals surface area contributed by atoms with Crippen LogP contribution >= 0.6 is 0 Å². The minimum atomic E-state index is -4.25. The molecule has 20 heavy (non-hydrogen) atoms. The lowest BCUT2D eigenvalue weighted by Gasteiger charge is -2.37. The van der Waals surface area contributed by atoms with Crippen molar-refractivity contribution in [2.24, 2.45) is 11.3 Å². The second-order valence-corrected chi connectivity index (χ2v) is 6.70. The van der Waals surface area contributed by atoms with Crippen molar-refractivity contribution in [1.82, 2.24) is 10.2 Å². The zero-order valence-electron chi connectivity index (χ0n) is 12.3. The number of urea groups is 1. The summed E-state index contributed by atoms with van der Waals surface area (Å²) in [7, 11) is 0. The van der Waals surface area contributed by atoms with Gasteiger partial charge in [-0.25, -0.2) is 4.79 Å². The molecule has 0 aromatic rings. The molecule has 2 rings (SSSR count). The van der Waals surface area contributed by atoms with Crippen LogP contribution in [0.1, 0.15) is 46.5 Å². The number of hydrogen-bond donors (Lipinski definition) is 1. The summed E-state index contributed by atoms with van der Waals surface area (Å²) >= 11 is 0. The van der Waals surface area contributed by atoms with Gasteiger partial charge in [0.05, 0.1) is 11.5 Å². The Labute approximate surface area is 117 Å². The molecule has 1 aliphatic carbocycles. The van der Waals surface area contributed by atoms with Crippen molar-refractivity contribution in [3.05, 3.63) is 0 Å². The molecule has 0 aromatic heterocycles. The molecule has 0 aromatic carbocycles. The molecule has 6 heteroatoms. The Morgan fingerprint density at radius 2 is 1.95 bits per heavy atom. The summed E-state index contributed by atoms with van der Waals surface area (Å²) in [6.45, 7) is 5.83. The molecule has 1 saturated heterocycles. The molecule has 116 valence electrons. The van der Waals surface area contributed by atoms with E-state index in [1.54, 1.807) is 0 Å². The SMILES string of the molecule is CCC1(CNC(=O)N2CC[C@H](C(F)(F)F)C2(C)C)CC1. The molecule has 1 saturated carbocycles. The van der Waals surface area contributed by atoms with Crippen molar-refractivity contribution in [3.63, 3.8) is 0 Å². The van der Waals surface area contributed by atoms with Gasteiger partial charge in [-0.05, 0) is 44.9 Å². The highest BCUT2D eigenvalue weighted by molar-refractivity contribution is 5.75. The van der Waals surface area contributed by atoms with E-state index in [1.165, 1.54) is 18.7 Å². The standard InChI is InChI=1S/C14H23F3N2O/c1-4-13(6-7-13)9-18-11(20)19-8-5-10(12(19,2)3)14(15,16)17/h10H,4-9H2,1-3H3,(H,18,20)/t10-/m0/s1. The Morgan fingerprint density at radius 3 is 2.35 bits per heavy atom. The Bertz CT molecular complexity index is 388. The summed E-state index contributed by atoms with van der Waals surface area (Å²) in [4.78, 5) is 13.5. The van der Waals surface area contributed by atoms with Gasteiger partial charge < -0.3 is 10.2 Å². The lowest BCUT2D eigenvalue weighted by molar-refractivity contribution is -0.189. The van der Waals surface area contributed by atoms with E-state index >= 15 is 0 Å². The maximum absolute atomic E-state index is 13.0. The minimum absolute atomic E-state index is 0.0111. The van der Waals surface area contributed by atoms with E-state index in [0.29, 0.717) is 6.54 Å². The number of rotatable bonds is 3. The van der Waals surface area contributed by atoms with Crippen LogP contribution in [0.3, 0.4) is 0 Å². The van der Waals surface area contributed by atoms with Crippen molar-refractivity contribution in [3.8, 4) is 0 Å². The molecule has 1 atom stereocenters. The largest absolute Gasteiger partial charge is 0.394 e. The van der Waals surface area contributed by atoms with E-state index in [2.05, 4.69) is 12.2 Å². The summed E-state index contributed by atoms with van der Waals surface area (Å²) in [6.07, 6.45) is -1.07. The highest BCUT2D eigenvalue weighted by Gasteiger charge is 2.56. The van der Waals surface area contributed by atoms with Gasteiger partial charge in [-0.15, -0.1) is 0 Å². The smallest absolute Gasteiger partial charge is 0.337 e. The van der Waals surface area contributed by atoms with Crippen molar-refractivity contribution in [2.45, 2.75) is 58.2 Å². The first-order chi connectivity index (χ1) is 9.12. The average molecular weight is 292 g/mol. The predicted octanol–water partition coefficient (Wildman–Crippen LogP) is 3.55. The van der Waals surface area contributed by atoms with Gasteiger partial charge in [-0.1, -0.05) is 6.92 Å². The number of halogens is 3. The van der Waals surface area contributed by atoms with Crippen LogP contribution in [0, 0.1) is 11.3 Å². The Kier molecular flexibility index (Phi) is 3.71. The predicted molar refractivity (Wildman–Crippen MR) is 70.3 cm³/mol. The molecule has 1 heterocycles. The molecular weight excluding hydrogens is 269 g/mol. The zero-order chi connectivity index (χ0) is 15.2. The van der Waals surface area contributed by atoms with Gasteiger partial charge in [0.2, 0.25) is 0 Å². The molecule has 0 bridgehead atoms. The summed E-state index contributed by atoms with van der Waals surface area (Å²) in [5, 5.41) is 2.83. The molecule has 1 aliphatic heterocycles. The second-order valence-electron chi connectivity index (χ2n) is 6.70. The molecule has 2 fully saturated rings. The first-order valence-corrected chi connectivity index (χ1v) is 7.24. The highest BCUT2D eigenvalue weighted by Crippen LogP contribution is 2.48. The third-order valence-electron chi connectivity index (χ3n) is 5.15. The maximum Gasteiger partial charge on any atom is 0.394 e. The minimum Gasteiger partial charge on any atom is -0.337 e. The fourth-order valence-electron chi connectivity index (χ4n) is 3.21. The van der Waals surface area contributed by atoms with Gasteiger partial charge in [0.25, 0.3) is 0 Å². The zero-order valence-corrected chi connectivity index (χ0v) is 12.3. The van der Waals surface area contributed by atoms with Crippen LogP contribution in [0.2, 0.25) is 0 Å². The van der Waals surface area contributed by atoms with Crippen molar-refractivity contribution in [1.29, 1.82) is 0 Å². The van der Waals surface area contributed by atoms with E-state index in [0.717, 1.165) is 19.3 Å². The van der Waals surface area contributed by atoms with Crippen LogP contribution in [-0.4, -0.2) is 35.7 Å². The van der Waals surface area contributed by atoms with E-state index < -0.39 is 17.6 Å². The number of carbonyl (C=O) groups is 1. The van der Waals surface area contributed by atoms with E-state index in [1.807, 2.05) is 0 Å². The lowest BCUT2D eigenvalue weighted by atomic mass is 9.88. The second kappa shape index (κ2) is 4.81. The van der Waals surface area contributed by atoms with E-state index in [-0.39, 0.29) is 24.4 Å². The molecule has 2 aliphatic rings. The summed E-state index contributed by atoms with van der Waals surface area (Å²) in [5.41, 5.74) is -0.978. The topological polar surface area (TPSA) is 32.3 Å². The summed E-state index contributed by atoms with van der Waals surface area (Å²) in [5.74, 6) is -1.44. The van der Waals surface area contributed by atoms with E-state index in [4.69, 9.17) is 0 Å². The number of nitrogens with zero attached hydrogens (tertiary/aromatic N) is 1. The number of hydrogen-bond acceptors (Lipinski definition) is 1. The molecular formula is C14H23F3N2O. The maximum atomic E-state index is 13.0. The van der Waals surface area contributed by atoms with Crippen molar-refractivity contribution in [2.75, 3.05) is 13.1 Å². The quantitative estimate of drug-likeness (QED) is 0.847. The normalized spacial score (nSPS) is 27.5. The molecule has 2 amide bonds. The lowest BCUT2D eigenvalue weighted by Crippen LogP contribution is -2.53. The number of likely N-dealkylation sites (tertiary alicyclic amines) is 1. The van der Waals surface area contributed by atoms with Crippen LogP contribution in [0.4, 0.5) is 18.0 Å². The van der Waals surface area contributed by atoms with Gasteiger partial charge >= 0.3 is 12.2 Å². The number of alkyl halides is 3. The van der Waals surface area contributed by atoms with Crippen molar-refractivity contribution < 1.29 is 18.0 Å². The molecule has 0 radical (unpaired) electrons. The third kappa shape index (κ3) is 2.74. The Hall–Kier alpha value is -0.940.